The maximum absolute atomic E-state index is 13.1. The Balaban J connectivity index is 1.51. The van der Waals surface area contributed by atoms with Crippen molar-refractivity contribution in [1.29, 1.82) is 0 Å². The summed E-state index contributed by atoms with van der Waals surface area (Å²) in [5, 5.41) is 1.92. The minimum absolute atomic E-state index is 0.293. The van der Waals surface area contributed by atoms with Crippen molar-refractivity contribution in [3.8, 4) is 5.75 Å². The third-order valence-corrected chi connectivity index (χ3v) is 5.39. The molecule has 0 aliphatic carbocycles. The zero-order valence-corrected chi connectivity index (χ0v) is 16.4. The number of hydrogen-bond acceptors (Lipinski definition) is 5. The molecule has 0 bridgehead atoms. The molecule has 3 aromatic rings. The van der Waals surface area contributed by atoms with Crippen molar-refractivity contribution in [3.05, 3.63) is 88.6 Å². The number of rotatable bonds is 5. The Labute approximate surface area is 172 Å². The van der Waals surface area contributed by atoms with E-state index in [-0.39, 0.29) is 18.6 Å². The Kier molecular flexibility index (Phi) is 5.72. The number of nitrogens with zero attached hydrogens (tertiary/aromatic N) is 1. The zero-order chi connectivity index (χ0) is 20.1. The fourth-order valence-electron chi connectivity index (χ4n) is 3.20. The second-order valence-electron chi connectivity index (χ2n) is 6.43. The molecule has 5 nitrogen and oxygen atoms in total. The first-order chi connectivity index (χ1) is 14.2. The summed E-state index contributed by atoms with van der Waals surface area (Å²) >= 11 is 1.52. The quantitative estimate of drug-likeness (QED) is 0.464. The van der Waals surface area contributed by atoms with E-state index in [1.165, 1.54) is 17.4 Å². The maximum Gasteiger partial charge on any atom is 0.331 e. The Morgan fingerprint density at radius 2 is 1.86 bits per heavy atom. The molecule has 0 spiro atoms. The molecule has 0 radical (unpaired) electrons. The van der Waals surface area contributed by atoms with E-state index in [0.717, 1.165) is 10.4 Å². The fourth-order valence-corrected chi connectivity index (χ4v) is 3.82. The van der Waals surface area contributed by atoms with Crippen LogP contribution in [0.2, 0.25) is 0 Å². The molecule has 6 heteroatoms. The van der Waals surface area contributed by atoms with Gasteiger partial charge in [-0.2, -0.15) is 0 Å². The average Bonchev–Trinajstić information content (AvgIpc) is 3.29. The van der Waals surface area contributed by atoms with Crippen molar-refractivity contribution >= 4 is 35.0 Å². The van der Waals surface area contributed by atoms with E-state index in [1.807, 2.05) is 72.1 Å². The monoisotopic (exact) mass is 405 g/mol. The molecule has 0 saturated carbocycles. The number of carbonyl (C=O) groups is 2. The van der Waals surface area contributed by atoms with E-state index in [9.17, 15) is 9.59 Å². The fraction of sp³-hybridized carbons (Fsp3) is 0.130. The van der Waals surface area contributed by atoms with Gasteiger partial charge in [0.15, 0.2) is 6.61 Å². The van der Waals surface area contributed by atoms with Gasteiger partial charge < -0.3 is 9.47 Å². The van der Waals surface area contributed by atoms with Gasteiger partial charge >= 0.3 is 5.97 Å². The van der Waals surface area contributed by atoms with Gasteiger partial charge in [0.2, 0.25) is 0 Å². The van der Waals surface area contributed by atoms with Crippen LogP contribution in [-0.2, 0) is 14.3 Å². The highest BCUT2D eigenvalue weighted by atomic mass is 32.1. The molecule has 2 aromatic carbocycles. The number of thiophene rings is 1. The van der Waals surface area contributed by atoms with Gasteiger partial charge in [0, 0.05) is 11.0 Å². The number of para-hydroxylation sites is 2. The van der Waals surface area contributed by atoms with E-state index < -0.39 is 5.97 Å². The molecule has 1 aliphatic heterocycles. The molecular formula is C23H19NO4S. The summed E-state index contributed by atoms with van der Waals surface area (Å²) in [5.74, 6) is -0.214. The van der Waals surface area contributed by atoms with E-state index in [2.05, 4.69) is 0 Å². The summed E-state index contributed by atoms with van der Waals surface area (Å²) in [5.41, 5.74) is 1.63. The van der Waals surface area contributed by atoms with Crippen LogP contribution in [0.5, 0.6) is 5.75 Å². The molecular weight excluding hydrogens is 386 g/mol. The Hall–Kier alpha value is -3.38. The van der Waals surface area contributed by atoms with Crippen LogP contribution in [0.4, 0.5) is 5.69 Å². The lowest BCUT2D eigenvalue weighted by Gasteiger charge is -2.37. The number of hydrogen-bond donors (Lipinski definition) is 0. The van der Waals surface area contributed by atoms with E-state index in [0.29, 0.717) is 18.0 Å². The lowest BCUT2D eigenvalue weighted by Crippen LogP contribution is -2.43. The van der Waals surface area contributed by atoms with Crippen molar-refractivity contribution in [3.63, 3.8) is 0 Å². The standard InChI is InChI=1S/C23H19NO4S/c25-22(16-28-23(26)13-12-18-9-6-14-29-18)24-19-10-4-5-11-21(19)27-15-20(24)17-7-2-1-3-8-17/h1-14,20H,15-16H2. The molecule has 29 heavy (non-hydrogen) atoms. The molecule has 0 fully saturated rings. The summed E-state index contributed by atoms with van der Waals surface area (Å²) < 4.78 is 11.1. The van der Waals surface area contributed by atoms with E-state index in [1.54, 1.807) is 11.0 Å². The number of amides is 1. The lowest BCUT2D eigenvalue weighted by molar-refractivity contribution is -0.143. The van der Waals surface area contributed by atoms with Crippen molar-refractivity contribution in [2.75, 3.05) is 18.1 Å². The minimum Gasteiger partial charge on any atom is -0.489 e. The topological polar surface area (TPSA) is 55.8 Å². The first-order valence-electron chi connectivity index (χ1n) is 9.19. The third-order valence-electron chi connectivity index (χ3n) is 4.55. The number of fused-ring (bicyclic) bond motifs is 1. The summed E-state index contributed by atoms with van der Waals surface area (Å²) in [7, 11) is 0. The van der Waals surface area contributed by atoms with Gasteiger partial charge in [-0.25, -0.2) is 4.79 Å². The predicted molar refractivity (Wildman–Crippen MR) is 113 cm³/mol. The van der Waals surface area contributed by atoms with Gasteiger partial charge in [-0.05, 0) is 35.2 Å². The van der Waals surface area contributed by atoms with E-state index >= 15 is 0 Å². The first kappa shape index (κ1) is 19.0. The summed E-state index contributed by atoms with van der Waals surface area (Å²) in [6.45, 7) is -0.00965. The average molecular weight is 405 g/mol. The molecule has 1 aromatic heterocycles. The lowest BCUT2D eigenvalue weighted by atomic mass is 10.0. The molecule has 0 N–H and O–H groups in total. The van der Waals surface area contributed by atoms with Gasteiger partial charge in [-0.3, -0.25) is 9.69 Å². The second-order valence-corrected chi connectivity index (χ2v) is 7.40. The highest BCUT2D eigenvalue weighted by Crippen LogP contribution is 2.39. The Morgan fingerprint density at radius 3 is 2.66 bits per heavy atom. The third kappa shape index (κ3) is 4.38. The number of carbonyl (C=O) groups excluding carboxylic acids is 2. The highest BCUT2D eigenvalue weighted by molar-refractivity contribution is 7.10. The van der Waals surface area contributed by atoms with Crippen LogP contribution in [0.3, 0.4) is 0 Å². The van der Waals surface area contributed by atoms with Crippen LogP contribution >= 0.6 is 11.3 Å². The molecule has 1 atom stereocenters. The molecule has 1 unspecified atom stereocenters. The van der Waals surface area contributed by atoms with Gasteiger partial charge in [0.1, 0.15) is 12.4 Å². The number of esters is 1. The molecule has 1 amide bonds. The van der Waals surface area contributed by atoms with Gasteiger partial charge in [0.25, 0.3) is 5.91 Å². The number of ether oxygens (including phenoxy) is 2. The van der Waals surface area contributed by atoms with Gasteiger partial charge in [-0.15, -0.1) is 11.3 Å². The Bertz CT molecular complexity index is 1010. The van der Waals surface area contributed by atoms with Crippen LogP contribution in [-0.4, -0.2) is 25.1 Å². The van der Waals surface area contributed by atoms with Crippen molar-refractivity contribution in [2.45, 2.75) is 6.04 Å². The molecule has 4 rings (SSSR count). The summed E-state index contributed by atoms with van der Waals surface area (Å²) in [6, 6.07) is 20.6. The van der Waals surface area contributed by atoms with Crippen LogP contribution in [0.25, 0.3) is 6.08 Å². The van der Waals surface area contributed by atoms with Crippen LogP contribution in [0.15, 0.2) is 78.2 Å². The molecule has 146 valence electrons. The number of anilines is 1. The van der Waals surface area contributed by atoms with Gasteiger partial charge in [0.05, 0.1) is 11.7 Å². The smallest absolute Gasteiger partial charge is 0.331 e. The molecule has 0 saturated heterocycles. The second kappa shape index (κ2) is 8.75. The highest BCUT2D eigenvalue weighted by Gasteiger charge is 2.33. The summed E-state index contributed by atoms with van der Waals surface area (Å²) in [4.78, 5) is 27.7. The largest absolute Gasteiger partial charge is 0.489 e. The summed E-state index contributed by atoms with van der Waals surface area (Å²) in [6.07, 6.45) is 3.01. The van der Waals surface area contributed by atoms with E-state index in [4.69, 9.17) is 9.47 Å². The van der Waals surface area contributed by atoms with Crippen molar-refractivity contribution in [1.82, 2.24) is 0 Å². The Morgan fingerprint density at radius 1 is 1.07 bits per heavy atom. The van der Waals surface area contributed by atoms with Crippen molar-refractivity contribution in [2.24, 2.45) is 0 Å². The maximum atomic E-state index is 13.1. The predicted octanol–water partition coefficient (Wildman–Crippen LogP) is 4.47. The van der Waals surface area contributed by atoms with Crippen LogP contribution in [0, 0.1) is 0 Å². The normalized spacial score (nSPS) is 15.6. The SMILES string of the molecule is O=C(C=Cc1cccs1)OCC(=O)N1c2ccccc2OCC1c1ccccc1. The first-order valence-corrected chi connectivity index (χ1v) is 10.1. The van der Waals surface area contributed by atoms with Gasteiger partial charge in [-0.1, -0.05) is 48.5 Å². The van der Waals surface area contributed by atoms with Crippen molar-refractivity contribution < 1.29 is 19.1 Å². The minimum atomic E-state index is -0.551. The zero-order valence-electron chi connectivity index (χ0n) is 15.6. The number of benzene rings is 2. The van der Waals surface area contributed by atoms with Crippen LogP contribution < -0.4 is 9.64 Å². The molecule has 1 aliphatic rings. The van der Waals surface area contributed by atoms with Crippen LogP contribution in [0.1, 0.15) is 16.5 Å². The molecule has 2 heterocycles.